The van der Waals surface area contributed by atoms with Gasteiger partial charge in [-0.1, -0.05) is 22.0 Å². The van der Waals surface area contributed by atoms with Crippen LogP contribution in [0.1, 0.15) is 5.56 Å². The summed E-state index contributed by atoms with van der Waals surface area (Å²) in [5.74, 6) is 0. The summed E-state index contributed by atoms with van der Waals surface area (Å²) in [4.78, 5) is 4.04. The zero-order valence-corrected chi connectivity index (χ0v) is 9.94. The maximum absolute atomic E-state index is 4.04. The molecule has 0 spiro atoms. The van der Waals surface area contributed by atoms with Crippen LogP contribution in [0.4, 0.5) is 0 Å². The van der Waals surface area contributed by atoms with Crippen molar-refractivity contribution < 1.29 is 0 Å². The monoisotopic (exact) mass is 329 g/mol. The second-order valence-corrected chi connectivity index (χ2v) is 2.90. The van der Waals surface area contributed by atoms with Gasteiger partial charge >= 0.3 is 0 Å². The average Bonchev–Trinajstić information content (AvgIpc) is 1.89. The van der Waals surface area contributed by atoms with Gasteiger partial charge in [-0.15, -0.1) is 17.0 Å². The lowest BCUT2D eigenvalue weighted by atomic mass is 10.3. The summed E-state index contributed by atoms with van der Waals surface area (Å²) < 4.78 is 0.918. The first kappa shape index (κ1) is 10.6. The Hall–Kier alpha value is 0.590. The van der Waals surface area contributed by atoms with E-state index in [9.17, 15) is 0 Å². The van der Waals surface area contributed by atoms with Crippen LogP contribution in [0.2, 0.25) is 0 Å². The zero-order chi connectivity index (χ0) is 6.69. The van der Waals surface area contributed by atoms with Crippen molar-refractivity contribution in [2.75, 3.05) is 0 Å². The molecule has 0 atom stereocenters. The molecule has 0 fully saturated rings. The van der Waals surface area contributed by atoms with Gasteiger partial charge in [0.2, 0.25) is 0 Å². The molecule has 0 bridgehead atoms. The Bertz CT molecular complexity index is 202. The number of hydrogen-bond acceptors (Lipinski definition) is 1. The molecule has 0 radical (unpaired) electrons. The van der Waals surface area contributed by atoms with Crippen LogP contribution in [0.25, 0.3) is 0 Å². The Morgan fingerprint density at radius 2 is 2.20 bits per heavy atom. The van der Waals surface area contributed by atoms with E-state index in [0.717, 1.165) is 9.93 Å². The third-order valence-corrected chi connectivity index (χ3v) is 2.30. The zero-order valence-electron chi connectivity index (χ0n) is 5.05. The summed E-state index contributed by atoms with van der Waals surface area (Å²) in [6.07, 6.45) is 1.76. The minimum atomic E-state index is 0. The standard InChI is InChI=1S/C6H5Br2N.BrH/c7-4-5-2-1-3-9-6(5)8;/h1-3H,4H2;1H. The summed E-state index contributed by atoms with van der Waals surface area (Å²) in [6.45, 7) is 0. The largest absolute Gasteiger partial charge is 0.249 e. The van der Waals surface area contributed by atoms with E-state index in [2.05, 4.69) is 36.8 Å². The van der Waals surface area contributed by atoms with Crippen LogP contribution < -0.4 is 0 Å². The number of aromatic nitrogens is 1. The summed E-state index contributed by atoms with van der Waals surface area (Å²) in [5, 5.41) is 0.849. The smallest absolute Gasteiger partial charge is 0.110 e. The van der Waals surface area contributed by atoms with Gasteiger partial charge in [0, 0.05) is 11.5 Å². The molecule has 1 aromatic heterocycles. The van der Waals surface area contributed by atoms with Crippen LogP contribution in [-0.4, -0.2) is 4.98 Å². The van der Waals surface area contributed by atoms with E-state index in [4.69, 9.17) is 0 Å². The number of rotatable bonds is 1. The molecule has 0 amide bonds. The van der Waals surface area contributed by atoms with Gasteiger partial charge < -0.3 is 0 Å². The normalized spacial score (nSPS) is 8.60. The maximum Gasteiger partial charge on any atom is 0.110 e. The second kappa shape index (κ2) is 5.27. The molecule has 1 heterocycles. The molecule has 1 nitrogen and oxygen atoms in total. The van der Waals surface area contributed by atoms with Gasteiger partial charge in [0.05, 0.1) is 0 Å². The van der Waals surface area contributed by atoms with Gasteiger partial charge in [0.25, 0.3) is 0 Å². The Morgan fingerprint density at radius 3 is 2.60 bits per heavy atom. The number of halogens is 3. The van der Waals surface area contributed by atoms with E-state index in [1.807, 2.05) is 12.1 Å². The summed E-state index contributed by atoms with van der Waals surface area (Å²) in [6, 6.07) is 3.94. The van der Waals surface area contributed by atoms with E-state index < -0.39 is 0 Å². The molecule has 0 saturated heterocycles. The SMILES string of the molecule is Br.BrCc1cccnc1Br. The van der Waals surface area contributed by atoms with Gasteiger partial charge in [-0.25, -0.2) is 4.98 Å². The fourth-order valence-corrected chi connectivity index (χ4v) is 1.74. The lowest BCUT2D eigenvalue weighted by molar-refractivity contribution is 1.21. The minimum Gasteiger partial charge on any atom is -0.249 e. The van der Waals surface area contributed by atoms with E-state index in [1.54, 1.807) is 6.20 Å². The third kappa shape index (κ3) is 2.68. The highest BCUT2D eigenvalue weighted by Crippen LogP contribution is 2.14. The highest BCUT2D eigenvalue weighted by molar-refractivity contribution is 9.10. The third-order valence-electron chi connectivity index (χ3n) is 0.980. The number of hydrogen-bond donors (Lipinski definition) is 0. The van der Waals surface area contributed by atoms with Gasteiger partial charge in [0.1, 0.15) is 4.60 Å². The average molecular weight is 332 g/mol. The Kier molecular flexibility index (Phi) is 5.58. The quantitative estimate of drug-likeness (QED) is 0.568. The number of alkyl halides is 1. The predicted octanol–water partition coefficient (Wildman–Crippen LogP) is 3.32. The van der Waals surface area contributed by atoms with Crippen molar-refractivity contribution in [2.24, 2.45) is 0 Å². The summed E-state index contributed by atoms with van der Waals surface area (Å²) in [5.41, 5.74) is 1.18. The second-order valence-electron chi connectivity index (χ2n) is 1.59. The Labute approximate surface area is 87.3 Å². The van der Waals surface area contributed by atoms with Gasteiger partial charge in [-0.05, 0) is 27.6 Å². The molecule has 0 aliphatic rings. The predicted molar refractivity (Wildman–Crippen MR) is 54.9 cm³/mol. The van der Waals surface area contributed by atoms with Crippen LogP contribution in [0.15, 0.2) is 22.9 Å². The van der Waals surface area contributed by atoms with Crippen LogP contribution in [0, 0.1) is 0 Å². The molecule has 4 heteroatoms. The highest BCUT2D eigenvalue weighted by Gasteiger charge is 1.94. The molecule has 0 unspecified atom stereocenters. The van der Waals surface area contributed by atoms with Gasteiger partial charge in [-0.3, -0.25) is 0 Å². The van der Waals surface area contributed by atoms with Crippen molar-refractivity contribution in [1.29, 1.82) is 0 Å². The van der Waals surface area contributed by atoms with E-state index in [0.29, 0.717) is 0 Å². The first-order chi connectivity index (χ1) is 4.34. The van der Waals surface area contributed by atoms with Crippen molar-refractivity contribution in [3.05, 3.63) is 28.5 Å². The topological polar surface area (TPSA) is 12.9 Å². The summed E-state index contributed by atoms with van der Waals surface area (Å²) in [7, 11) is 0. The van der Waals surface area contributed by atoms with Crippen molar-refractivity contribution in [2.45, 2.75) is 5.33 Å². The van der Waals surface area contributed by atoms with Gasteiger partial charge in [0.15, 0.2) is 0 Å². The summed E-state index contributed by atoms with van der Waals surface area (Å²) >= 11 is 6.65. The molecule has 1 rings (SSSR count). The fourth-order valence-electron chi connectivity index (χ4n) is 0.519. The van der Waals surface area contributed by atoms with E-state index in [-0.39, 0.29) is 17.0 Å². The number of nitrogens with zero attached hydrogens (tertiary/aromatic N) is 1. The molecule has 0 aliphatic heterocycles. The van der Waals surface area contributed by atoms with Gasteiger partial charge in [-0.2, -0.15) is 0 Å². The van der Waals surface area contributed by atoms with Crippen molar-refractivity contribution in [3.63, 3.8) is 0 Å². The molecule has 0 N–H and O–H groups in total. The first-order valence-electron chi connectivity index (χ1n) is 2.50. The molecule has 0 aromatic carbocycles. The minimum absolute atomic E-state index is 0. The maximum atomic E-state index is 4.04. The van der Waals surface area contributed by atoms with Crippen LogP contribution in [-0.2, 0) is 5.33 Å². The van der Waals surface area contributed by atoms with Crippen LogP contribution in [0.5, 0.6) is 0 Å². The first-order valence-corrected chi connectivity index (χ1v) is 4.41. The molecule has 0 aliphatic carbocycles. The Morgan fingerprint density at radius 1 is 1.50 bits per heavy atom. The molecular weight excluding hydrogens is 326 g/mol. The molecule has 0 saturated carbocycles. The lowest BCUT2D eigenvalue weighted by Gasteiger charge is -1.94. The highest BCUT2D eigenvalue weighted by atomic mass is 79.9. The van der Waals surface area contributed by atoms with Crippen LogP contribution >= 0.6 is 48.8 Å². The van der Waals surface area contributed by atoms with Crippen molar-refractivity contribution >= 4 is 48.8 Å². The number of pyridine rings is 1. The van der Waals surface area contributed by atoms with Crippen molar-refractivity contribution in [3.8, 4) is 0 Å². The molecular formula is C6H6Br3N. The van der Waals surface area contributed by atoms with Crippen molar-refractivity contribution in [1.82, 2.24) is 4.98 Å². The lowest BCUT2D eigenvalue weighted by Crippen LogP contribution is -1.81. The molecule has 56 valence electrons. The fraction of sp³-hybridized carbons (Fsp3) is 0.167. The molecule has 1 aromatic rings. The van der Waals surface area contributed by atoms with Crippen LogP contribution in [0.3, 0.4) is 0 Å². The van der Waals surface area contributed by atoms with E-state index in [1.165, 1.54) is 5.56 Å². The van der Waals surface area contributed by atoms with E-state index >= 15 is 0 Å². The Balaban J connectivity index is 0.000000810. The molecule has 10 heavy (non-hydrogen) atoms.